The number of nitrogens with one attached hydrogen (secondary N) is 3. The SMILES string of the molecule is CCC(C)C(NC(=O)C(F)(F)F)C(=O)N1C[C@@H]2CCC[C@@H]2[C@H]1C(=O)NN(C[C@@H]1CCNC1=O)C(=O)C(F)Cl. The molecule has 0 spiro atoms. The number of hydrazine groups is 1. The van der Waals surface area contributed by atoms with E-state index in [1.165, 1.54) is 6.92 Å². The third-order valence-corrected chi connectivity index (χ3v) is 7.92. The summed E-state index contributed by atoms with van der Waals surface area (Å²) in [5, 5.41) is 4.97. The van der Waals surface area contributed by atoms with E-state index in [0.717, 1.165) is 11.3 Å². The van der Waals surface area contributed by atoms with E-state index in [1.54, 1.807) is 12.2 Å². The fraction of sp³-hybridized carbons (Fsp3) is 0.783. The van der Waals surface area contributed by atoms with Gasteiger partial charge in [-0.05, 0) is 37.0 Å². The van der Waals surface area contributed by atoms with Gasteiger partial charge in [0.15, 0.2) is 0 Å². The van der Waals surface area contributed by atoms with Crippen LogP contribution in [0.1, 0.15) is 46.0 Å². The number of hydrogen-bond acceptors (Lipinski definition) is 5. The average Bonchev–Trinajstić information content (AvgIpc) is 3.56. The molecular weight excluding hydrogens is 538 g/mol. The smallest absolute Gasteiger partial charge is 0.356 e. The van der Waals surface area contributed by atoms with Crippen LogP contribution in [0, 0.1) is 23.7 Å². The lowest BCUT2D eigenvalue weighted by molar-refractivity contribution is -0.175. The Labute approximate surface area is 222 Å². The van der Waals surface area contributed by atoms with Gasteiger partial charge in [-0.1, -0.05) is 38.3 Å². The zero-order chi connectivity index (χ0) is 28.4. The van der Waals surface area contributed by atoms with E-state index >= 15 is 0 Å². The Bertz CT molecular complexity index is 952. The number of likely N-dealkylation sites (tertiary alicyclic amines) is 1. The Morgan fingerprint density at radius 1 is 1.21 bits per heavy atom. The second-order valence-electron chi connectivity index (χ2n) is 10.1. The van der Waals surface area contributed by atoms with E-state index in [2.05, 4.69) is 10.7 Å². The number of halogens is 5. The average molecular weight is 570 g/mol. The minimum atomic E-state index is -5.21. The number of fused-ring (bicyclic) bond motifs is 1. The fourth-order valence-corrected chi connectivity index (χ4v) is 5.62. The topological polar surface area (TPSA) is 128 Å². The highest BCUT2D eigenvalue weighted by Crippen LogP contribution is 2.43. The van der Waals surface area contributed by atoms with Gasteiger partial charge in [-0.25, -0.2) is 9.40 Å². The normalized spacial score (nSPS) is 27.2. The minimum Gasteiger partial charge on any atom is -0.356 e. The van der Waals surface area contributed by atoms with Crippen molar-refractivity contribution in [1.82, 2.24) is 26.0 Å². The second-order valence-corrected chi connectivity index (χ2v) is 10.5. The van der Waals surface area contributed by atoms with Crippen molar-refractivity contribution in [2.75, 3.05) is 19.6 Å². The lowest BCUT2D eigenvalue weighted by atomic mass is 9.93. The van der Waals surface area contributed by atoms with Crippen LogP contribution in [0.15, 0.2) is 0 Å². The zero-order valence-corrected chi connectivity index (χ0v) is 21.8. The maximum atomic E-state index is 13.7. The van der Waals surface area contributed by atoms with Gasteiger partial charge in [0.25, 0.3) is 17.4 Å². The molecule has 0 radical (unpaired) electrons. The van der Waals surface area contributed by atoms with Crippen molar-refractivity contribution in [2.24, 2.45) is 23.7 Å². The molecule has 0 aromatic heterocycles. The highest BCUT2D eigenvalue weighted by atomic mass is 35.5. The van der Waals surface area contributed by atoms with Crippen LogP contribution in [-0.2, 0) is 24.0 Å². The molecular formula is C23H32ClF4N5O5. The first-order valence-corrected chi connectivity index (χ1v) is 13.1. The summed E-state index contributed by atoms with van der Waals surface area (Å²) in [4.78, 5) is 64.3. The first-order valence-electron chi connectivity index (χ1n) is 12.6. The van der Waals surface area contributed by atoms with Gasteiger partial charge in [-0.3, -0.25) is 29.4 Å². The summed E-state index contributed by atoms with van der Waals surface area (Å²) in [6.07, 6.45) is -2.60. The molecule has 15 heteroatoms. The van der Waals surface area contributed by atoms with Crippen LogP contribution in [0.3, 0.4) is 0 Å². The summed E-state index contributed by atoms with van der Waals surface area (Å²) in [6.45, 7) is 3.23. The van der Waals surface area contributed by atoms with Crippen LogP contribution in [0.25, 0.3) is 0 Å². The monoisotopic (exact) mass is 569 g/mol. The molecule has 2 aliphatic heterocycles. The molecule has 3 aliphatic rings. The molecule has 1 saturated carbocycles. The number of carbonyl (C=O) groups excluding carboxylic acids is 5. The fourth-order valence-electron chi connectivity index (χ4n) is 5.50. The van der Waals surface area contributed by atoms with Gasteiger partial charge in [-0.15, -0.1) is 0 Å². The van der Waals surface area contributed by atoms with E-state index in [0.29, 0.717) is 30.8 Å². The molecule has 0 aromatic rings. The lowest BCUT2D eigenvalue weighted by Crippen LogP contribution is -2.60. The van der Waals surface area contributed by atoms with Gasteiger partial charge in [0, 0.05) is 13.1 Å². The quantitative estimate of drug-likeness (QED) is 0.230. The van der Waals surface area contributed by atoms with E-state index in [-0.39, 0.29) is 37.3 Å². The molecule has 10 nitrogen and oxygen atoms in total. The molecule has 214 valence electrons. The molecule has 3 unspecified atom stereocenters. The maximum absolute atomic E-state index is 13.7. The van der Waals surface area contributed by atoms with E-state index in [4.69, 9.17) is 11.6 Å². The van der Waals surface area contributed by atoms with Crippen LogP contribution in [0.4, 0.5) is 17.6 Å². The Kier molecular flexibility index (Phi) is 9.48. The summed E-state index contributed by atoms with van der Waals surface area (Å²) in [7, 11) is 0. The Balaban J connectivity index is 1.86. The van der Waals surface area contributed by atoms with Crippen LogP contribution < -0.4 is 16.1 Å². The minimum absolute atomic E-state index is 0.0800. The number of carbonyl (C=O) groups is 5. The number of rotatable bonds is 8. The summed E-state index contributed by atoms with van der Waals surface area (Å²) in [5.74, 6) is -7.50. The molecule has 0 aromatic carbocycles. The Morgan fingerprint density at radius 2 is 1.89 bits per heavy atom. The molecule has 2 saturated heterocycles. The first kappa shape index (κ1) is 29.9. The third kappa shape index (κ3) is 6.49. The second kappa shape index (κ2) is 12.0. The van der Waals surface area contributed by atoms with Crippen molar-refractivity contribution in [3.63, 3.8) is 0 Å². The number of nitrogens with zero attached hydrogens (tertiary/aromatic N) is 2. The van der Waals surface area contributed by atoms with E-state index < -0.39 is 59.4 Å². The van der Waals surface area contributed by atoms with Crippen LogP contribution in [0.2, 0.25) is 0 Å². The van der Waals surface area contributed by atoms with Gasteiger partial charge < -0.3 is 15.5 Å². The summed E-state index contributed by atoms with van der Waals surface area (Å²) < 4.78 is 52.7. The summed E-state index contributed by atoms with van der Waals surface area (Å²) in [6, 6.07) is -2.72. The molecule has 7 atom stereocenters. The number of hydrogen-bond donors (Lipinski definition) is 3. The van der Waals surface area contributed by atoms with Crippen LogP contribution >= 0.6 is 11.6 Å². The Hall–Kier alpha value is -2.64. The van der Waals surface area contributed by atoms with Crippen LogP contribution in [0.5, 0.6) is 0 Å². The van der Waals surface area contributed by atoms with Gasteiger partial charge in [0.2, 0.25) is 11.8 Å². The highest BCUT2D eigenvalue weighted by molar-refractivity contribution is 6.29. The molecule has 1 aliphatic carbocycles. The summed E-state index contributed by atoms with van der Waals surface area (Å²) in [5.41, 5.74) is -0.195. The molecule has 3 N–H and O–H groups in total. The Morgan fingerprint density at radius 3 is 2.45 bits per heavy atom. The predicted molar refractivity (Wildman–Crippen MR) is 125 cm³/mol. The summed E-state index contributed by atoms with van der Waals surface area (Å²) >= 11 is 5.33. The molecule has 3 rings (SSSR count). The molecule has 38 heavy (non-hydrogen) atoms. The van der Waals surface area contributed by atoms with Crippen molar-refractivity contribution in [3.8, 4) is 0 Å². The van der Waals surface area contributed by atoms with E-state index in [9.17, 15) is 41.5 Å². The molecule has 5 amide bonds. The van der Waals surface area contributed by atoms with Gasteiger partial charge in [0.1, 0.15) is 12.1 Å². The highest BCUT2D eigenvalue weighted by Gasteiger charge is 2.52. The van der Waals surface area contributed by atoms with E-state index in [1.807, 2.05) is 0 Å². The van der Waals surface area contributed by atoms with Crippen molar-refractivity contribution in [2.45, 2.75) is 69.8 Å². The molecule has 0 bridgehead atoms. The van der Waals surface area contributed by atoms with Crippen molar-refractivity contribution < 1.29 is 41.5 Å². The lowest BCUT2D eigenvalue weighted by Gasteiger charge is -2.34. The van der Waals surface area contributed by atoms with Crippen molar-refractivity contribution in [1.29, 1.82) is 0 Å². The van der Waals surface area contributed by atoms with Gasteiger partial charge >= 0.3 is 12.1 Å². The van der Waals surface area contributed by atoms with Crippen molar-refractivity contribution in [3.05, 3.63) is 0 Å². The first-order chi connectivity index (χ1) is 17.8. The van der Waals surface area contributed by atoms with Crippen LogP contribution in [-0.4, -0.2) is 83.0 Å². The third-order valence-electron chi connectivity index (χ3n) is 7.73. The predicted octanol–water partition coefficient (Wildman–Crippen LogP) is 1.24. The zero-order valence-electron chi connectivity index (χ0n) is 21.0. The van der Waals surface area contributed by atoms with Crippen molar-refractivity contribution >= 4 is 41.1 Å². The standard InChI is InChI=1S/C23H32ClF4N5O5/c1-3-11(2)15(30-22(38)23(26,27)28)20(36)32-9-12-5-4-6-14(12)16(32)19(35)31-33(21(37)17(24)25)10-13-7-8-29-18(13)34/h11-17H,3-10H2,1-2H3,(H,29,34)(H,30,38)(H,31,35)/t11?,12-,13-,14-,15?,16-,17?/m0/s1. The maximum Gasteiger partial charge on any atom is 0.471 e. The largest absolute Gasteiger partial charge is 0.471 e. The number of amides is 5. The van der Waals surface area contributed by atoms with Gasteiger partial charge in [0.05, 0.1) is 12.5 Å². The molecule has 2 heterocycles. The molecule has 3 fully saturated rings. The van der Waals surface area contributed by atoms with Gasteiger partial charge in [-0.2, -0.15) is 13.2 Å². The number of alkyl halides is 5.